The van der Waals surface area contributed by atoms with E-state index < -0.39 is 0 Å². The van der Waals surface area contributed by atoms with Crippen LogP contribution < -0.4 is 4.90 Å². The number of hydrogen-bond donors (Lipinski definition) is 0. The van der Waals surface area contributed by atoms with Crippen LogP contribution in [0, 0.1) is 5.92 Å². The molecule has 1 aromatic rings. The van der Waals surface area contributed by atoms with Gasteiger partial charge in [0.1, 0.15) is 0 Å². The average molecular weight is 294 g/mol. The van der Waals surface area contributed by atoms with Gasteiger partial charge in [0.05, 0.1) is 0 Å². The molecule has 0 atom stereocenters. The van der Waals surface area contributed by atoms with Crippen LogP contribution in [0.2, 0.25) is 0 Å². The van der Waals surface area contributed by atoms with E-state index in [1.807, 2.05) is 4.90 Å². The van der Waals surface area contributed by atoms with E-state index in [-0.39, 0.29) is 5.92 Å². The van der Waals surface area contributed by atoms with Crippen LogP contribution in [0.3, 0.4) is 0 Å². The molecular formula is C17H24ClNO. The Hall–Kier alpha value is -1.02. The van der Waals surface area contributed by atoms with Crippen LogP contribution in [0.1, 0.15) is 44.2 Å². The molecule has 110 valence electrons. The summed E-state index contributed by atoms with van der Waals surface area (Å²) < 4.78 is 0. The Morgan fingerprint density at radius 2 is 2.10 bits per heavy atom. The molecule has 0 N–H and O–H groups in total. The summed E-state index contributed by atoms with van der Waals surface area (Å²) in [6.07, 6.45) is 4.87. The Morgan fingerprint density at radius 1 is 1.35 bits per heavy atom. The Morgan fingerprint density at radius 3 is 2.75 bits per heavy atom. The van der Waals surface area contributed by atoms with Gasteiger partial charge in [0.15, 0.2) is 0 Å². The summed E-state index contributed by atoms with van der Waals surface area (Å²) in [5.74, 6) is 1.10. The normalized spacial score (nSPS) is 14.5. The van der Waals surface area contributed by atoms with Crippen molar-refractivity contribution in [1.82, 2.24) is 0 Å². The van der Waals surface area contributed by atoms with Crippen molar-refractivity contribution in [2.24, 2.45) is 5.92 Å². The lowest BCUT2D eigenvalue weighted by atomic mass is 9.95. The van der Waals surface area contributed by atoms with Gasteiger partial charge in [-0.2, -0.15) is 0 Å². The molecule has 0 bridgehead atoms. The summed E-state index contributed by atoms with van der Waals surface area (Å²) in [5.41, 5.74) is 3.69. The zero-order chi connectivity index (χ0) is 14.5. The van der Waals surface area contributed by atoms with Crippen LogP contribution >= 0.6 is 11.6 Å². The van der Waals surface area contributed by atoms with Crippen molar-refractivity contribution in [3.8, 4) is 0 Å². The standard InChI is InChI=1S/C17H24ClNO/c1-3-14(4-2)17(20)19-11-5-6-15-12-13(9-10-18)7-8-16(15)19/h7-8,12,14H,3-6,9-11H2,1-2H3. The lowest BCUT2D eigenvalue weighted by molar-refractivity contribution is -0.122. The summed E-state index contributed by atoms with van der Waals surface area (Å²) in [7, 11) is 0. The number of halogens is 1. The zero-order valence-electron chi connectivity index (χ0n) is 12.5. The van der Waals surface area contributed by atoms with Gasteiger partial charge < -0.3 is 4.90 Å². The van der Waals surface area contributed by atoms with E-state index in [1.165, 1.54) is 11.1 Å². The van der Waals surface area contributed by atoms with E-state index in [0.717, 1.165) is 44.3 Å². The van der Waals surface area contributed by atoms with Gasteiger partial charge in [-0.05, 0) is 49.3 Å². The summed E-state index contributed by atoms with van der Waals surface area (Å²) in [6.45, 7) is 5.05. The van der Waals surface area contributed by atoms with Gasteiger partial charge in [0, 0.05) is 24.0 Å². The van der Waals surface area contributed by atoms with E-state index in [9.17, 15) is 4.79 Å². The molecule has 0 aromatic heterocycles. The lowest BCUT2D eigenvalue weighted by Gasteiger charge is -2.32. The molecule has 0 spiro atoms. The number of carbonyl (C=O) groups is 1. The van der Waals surface area contributed by atoms with Crippen LogP contribution in [0.5, 0.6) is 0 Å². The average Bonchev–Trinajstić information content (AvgIpc) is 2.48. The van der Waals surface area contributed by atoms with E-state index in [1.54, 1.807) is 0 Å². The molecular weight excluding hydrogens is 270 g/mol. The molecule has 0 aliphatic carbocycles. The van der Waals surface area contributed by atoms with Gasteiger partial charge in [0.2, 0.25) is 5.91 Å². The number of aryl methyl sites for hydroxylation is 2. The van der Waals surface area contributed by atoms with Crippen molar-refractivity contribution in [3.05, 3.63) is 29.3 Å². The van der Waals surface area contributed by atoms with E-state index >= 15 is 0 Å². The molecule has 0 fully saturated rings. The summed E-state index contributed by atoms with van der Waals surface area (Å²) >= 11 is 5.81. The van der Waals surface area contributed by atoms with Gasteiger partial charge in [-0.25, -0.2) is 0 Å². The highest BCUT2D eigenvalue weighted by Crippen LogP contribution is 2.30. The minimum Gasteiger partial charge on any atom is -0.312 e. The Bertz CT molecular complexity index is 468. The highest BCUT2D eigenvalue weighted by Gasteiger charge is 2.26. The largest absolute Gasteiger partial charge is 0.312 e. The summed E-state index contributed by atoms with van der Waals surface area (Å²) in [4.78, 5) is 14.6. The molecule has 1 aliphatic rings. The fourth-order valence-corrected chi connectivity index (χ4v) is 3.22. The quantitative estimate of drug-likeness (QED) is 0.746. The number of benzene rings is 1. The first-order valence-electron chi connectivity index (χ1n) is 7.70. The van der Waals surface area contributed by atoms with E-state index in [0.29, 0.717) is 11.8 Å². The molecule has 0 radical (unpaired) electrons. The molecule has 1 amide bonds. The van der Waals surface area contributed by atoms with Crippen molar-refractivity contribution in [1.29, 1.82) is 0 Å². The number of anilines is 1. The number of fused-ring (bicyclic) bond motifs is 1. The fraction of sp³-hybridized carbons (Fsp3) is 0.588. The van der Waals surface area contributed by atoms with Crippen molar-refractivity contribution >= 4 is 23.2 Å². The third-order valence-corrected chi connectivity index (χ3v) is 4.44. The molecule has 2 rings (SSSR count). The van der Waals surface area contributed by atoms with Crippen LogP contribution in [0.4, 0.5) is 5.69 Å². The van der Waals surface area contributed by atoms with Crippen LogP contribution in [-0.4, -0.2) is 18.3 Å². The van der Waals surface area contributed by atoms with Crippen LogP contribution in [0.25, 0.3) is 0 Å². The first-order chi connectivity index (χ1) is 9.71. The predicted octanol–water partition coefficient (Wildman–Crippen LogP) is 4.18. The highest BCUT2D eigenvalue weighted by molar-refractivity contribution is 6.18. The smallest absolute Gasteiger partial charge is 0.230 e. The Kier molecular flexibility index (Phi) is 5.47. The Balaban J connectivity index is 2.26. The van der Waals surface area contributed by atoms with Gasteiger partial charge in [-0.15, -0.1) is 11.6 Å². The minimum atomic E-state index is 0.156. The molecule has 20 heavy (non-hydrogen) atoms. The van der Waals surface area contributed by atoms with Gasteiger partial charge in [-0.3, -0.25) is 4.79 Å². The monoisotopic (exact) mass is 293 g/mol. The Labute approximate surface area is 127 Å². The van der Waals surface area contributed by atoms with E-state index in [4.69, 9.17) is 11.6 Å². The molecule has 1 heterocycles. The van der Waals surface area contributed by atoms with Gasteiger partial charge in [0.25, 0.3) is 0 Å². The van der Waals surface area contributed by atoms with Crippen LogP contribution in [0.15, 0.2) is 18.2 Å². The number of nitrogens with zero attached hydrogens (tertiary/aromatic N) is 1. The van der Waals surface area contributed by atoms with Crippen molar-refractivity contribution < 1.29 is 4.79 Å². The van der Waals surface area contributed by atoms with Gasteiger partial charge >= 0.3 is 0 Å². The maximum absolute atomic E-state index is 12.6. The first kappa shape index (κ1) is 15.4. The van der Waals surface area contributed by atoms with E-state index in [2.05, 4.69) is 32.0 Å². The fourth-order valence-electron chi connectivity index (χ4n) is 3.00. The maximum Gasteiger partial charge on any atom is 0.230 e. The second kappa shape index (κ2) is 7.12. The first-order valence-corrected chi connectivity index (χ1v) is 8.23. The minimum absolute atomic E-state index is 0.156. The molecule has 2 nitrogen and oxygen atoms in total. The second-order valence-electron chi connectivity index (χ2n) is 5.51. The SMILES string of the molecule is CCC(CC)C(=O)N1CCCc2cc(CCCl)ccc21. The number of carbonyl (C=O) groups excluding carboxylic acids is 1. The highest BCUT2D eigenvalue weighted by atomic mass is 35.5. The van der Waals surface area contributed by atoms with Crippen molar-refractivity contribution in [2.45, 2.75) is 46.0 Å². The molecule has 1 aromatic carbocycles. The second-order valence-corrected chi connectivity index (χ2v) is 5.89. The molecule has 0 saturated carbocycles. The number of hydrogen-bond acceptors (Lipinski definition) is 1. The summed E-state index contributed by atoms with van der Waals surface area (Å²) in [6, 6.07) is 6.44. The van der Waals surface area contributed by atoms with Gasteiger partial charge in [-0.1, -0.05) is 26.0 Å². The topological polar surface area (TPSA) is 20.3 Å². The number of alkyl halides is 1. The number of rotatable bonds is 5. The van der Waals surface area contributed by atoms with Crippen molar-refractivity contribution in [2.75, 3.05) is 17.3 Å². The third kappa shape index (κ3) is 3.17. The molecule has 1 aliphatic heterocycles. The predicted molar refractivity (Wildman–Crippen MR) is 85.6 cm³/mol. The van der Waals surface area contributed by atoms with Crippen LogP contribution in [-0.2, 0) is 17.6 Å². The summed E-state index contributed by atoms with van der Waals surface area (Å²) in [5, 5.41) is 0. The molecule has 0 saturated heterocycles. The zero-order valence-corrected chi connectivity index (χ0v) is 13.2. The van der Waals surface area contributed by atoms with Crippen molar-refractivity contribution in [3.63, 3.8) is 0 Å². The lowest BCUT2D eigenvalue weighted by Crippen LogP contribution is -2.39. The molecule has 0 unspecified atom stereocenters. The number of amides is 1. The third-order valence-electron chi connectivity index (χ3n) is 4.25. The molecule has 3 heteroatoms. The maximum atomic E-state index is 12.6.